The largest absolute Gasteiger partial charge is 0.291 e. The van der Waals surface area contributed by atoms with Crippen LogP contribution in [0.15, 0.2) is 36.9 Å². The predicted molar refractivity (Wildman–Crippen MR) is 91.1 cm³/mol. The van der Waals surface area contributed by atoms with E-state index in [1.54, 1.807) is 19.2 Å². The number of amides is 1. The van der Waals surface area contributed by atoms with Crippen LogP contribution in [-0.4, -0.2) is 30.5 Å². The second-order valence-electron chi connectivity index (χ2n) is 5.31. The van der Waals surface area contributed by atoms with Crippen molar-refractivity contribution < 1.29 is 9.18 Å². The van der Waals surface area contributed by atoms with Gasteiger partial charge in [0.25, 0.3) is 5.91 Å². The summed E-state index contributed by atoms with van der Waals surface area (Å²) in [6, 6.07) is 3.54. The van der Waals surface area contributed by atoms with Crippen molar-refractivity contribution in [2.45, 2.75) is 19.5 Å². The van der Waals surface area contributed by atoms with Crippen LogP contribution in [0.3, 0.4) is 0 Å². The molecule has 10 heteroatoms. The molecule has 1 amide bonds. The zero-order chi connectivity index (χ0) is 18.0. The Hall–Kier alpha value is -2.45. The number of nitrogens with one attached hydrogen (secondary N) is 1. The summed E-state index contributed by atoms with van der Waals surface area (Å²) in [4.78, 5) is 16.2. The van der Waals surface area contributed by atoms with Gasteiger partial charge in [0, 0.05) is 11.2 Å². The van der Waals surface area contributed by atoms with Crippen LogP contribution < -0.4 is 5.32 Å². The third kappa shape index (κ3) is 4.15. The summed E-state index contributed by atoms with van der Waals surface area (Å²) in [7, 11) is 0. The SMILES string of the molecule is CC(C(=O)Nc1ncn(Cc2ccc(F)cc2Cl)n1)n1cc(Cl)cn1. The van der Waals surface area contributed by atoms with Gasteiger partial charge in [-0.2, -0.15) is 5.10 Å². The number of carbonyl (C=O) groups is 1. The van der Waals surface area contributed by atoms with E-state index in [2.05, 4.69) is 20.5 Å². The van der Waals surface area contributed by atoms with Gasteiger partial charge in [-0.1, -0.05) is 29.3 Å². The number of rotatable bonds is 5. The highest BCUT2D eigenvalue weighted by Gasteiger charge is 2.17. The van der Waals surface area contributed by atoms with Gasteiger partial charge in [0.15, 0.2) is 0 Å². The number of halogens is 3. The molecule has 1 aromatic carbocycles. The maximum Gasteiger partial charge on any atom is 0.251 e. The third-order valence-corrected chi connectivity index (χ3v) is 4.01. The molecule has 1 N–H and O–H groups in total. The Labute approximate surface area is 152 Å². The first-order valence-electron chi connectivity index (χ1n) is 7.26. The molecule has 3 aromatic rings. The van der Waals surface area contributed by atoms with Crippen molar-refractivity contribution >= 4 is 35.1 Å². The lowest BCUT2D eigenvalue weighted by molar-refractivity contribution is -0.119. The molecule has 2 heterocycles. The molecule has 3 rings (SSSR count). The van der Waals surface area contributed by atoms with Gasteiger partial charge in [-0.05, 0) is 24.6 Å². The van der Waals surface area contributed by atoms with Crippen LogP contribution in [0.1, 0.15) is 18.5 Å². The highest BCUT2D eigenvalue weighted by Crippen LogP contribution is 2.18. The van der Waals surface area contributed by atoms with Crippen LogP contribution in [0.4, 0.5) is 10.3 Å². The fourth-order valence-electron chi connectivity index (χ4n) is 2.11. The van der Waals surface area contributed by atoms with E-state index in [0.717, 1.165) is 0 Å². The van der Waals surface area contributed by atoms with Gasteiger partial charge in [-0.25, -0.2) is 14.1 Å². The fourth-order valence-corrected chi connectivity index (χ4v) is 2.48. The van der Waals surface area contributed by atoms with Gasteiger partial charge in [-0.15, -0.1) is 5.10 Å². The number of hydrogen-bond acceptors (Lipinski definition) is 4. The highest BCUT2D eigenvalue weighted by molar-refractivity contribution is 6.31. The molecule has 0 bridgehead atoms. The van der Waals surface area contributed by atoms with E-state index in [0.29, 0.717) is 22.2 Å². The van der Waals surface area contributed by atoms with Crippen molar-refractivity contribution in [2.24, 2.45) is 0 Å². The van der Waals surface area contributed by atoms with Crippen molar-refractivity contribution in [3.05, 3.63) is 58.3 Å². The van der Waals surface area contributed by atoms with Crippen molar-refractivity contribution in [3.8, 4) is 0 Å². The molecule has 0 spiro atoms. The Morgan fingerprint density at radius 3 is 2.88 bits per heavy atom. The maximum absolute atomic E-state index is 13.1. The molecule has 2 aromatic heterocycles. The van der Waals surface area contributed by atoms with Gasteiger partial charge < -0.3 is 0 Å². The molecule has 0 saturated carbocycles. The number of hydrogen-bond donors (Lipinski definition) is 1. The van der Waals surface area contributed by atoms with Crippen molar-refractivity contribution in [1.82, 2.24) is 24.5 Å². The topological polar surface area (TPSA) is 77.6 Å². The Kier molecular flexibility index (Phi) is 5.00. The van der Waals surface area contributed by atoms with Gasteiger partial charge in [0.05, 0.1) is 17.8 Å². The zero-order valence-electron chi connectivity index (χ0n) is 13.0. The Balaban J connectivity index is 1.66. The van der Waals surface area contributed by atoms with Crippen molar-refractivity contribution in [1.29, 1.82) is 0 Å². The van der Waals surface area contributed by atoms with E-state index >= 15 is 0 Å². The number of aromatic nitrogens is 5. The number of nitrogens with zero attached hydrogens (tertiary/aromatic N) is 5. The first kappa shape index (κ1) is 17.4. The van der Waals surface area contributed by atoms with Crippen LogP contribution in [0, 0.1) is 5.82 Å². The monoisotopic (exact) mass is 382 g/mol. The lowest BCUT2D eigenvalue weighted by Crippen LogP contribution is -2.24. The first-order valence-corrected chi connectivity index (χ1v) is 8.02. The Morgan fingerprint density at radius 2 is 2.20 bits per heavy atom. The molecule has 0 saturated heterocycles. The van der Waals surface area contributed by atoms with Crippen LogP contribution in [0.5, 0.6) is 0 Å². The van der Waals surface area contributed by atoms with E-state index < -0.39 is 11.9 Å². The lowest BCUT2D eigenvalue weighted by Gasteiger charge is -2.10. The standard InChI is InChI=1S/C15H13Cl2FN6O/c1-9(24-7-11(16)5-20-24)14(25)21-15-19-8-23(22-15)6-10-2-3-12(18)4-13(10)17/h2-5,7-9H,6H2,1H3,(H,21,22,25). The molecule has 0 aliphatic heterocycles. The highest BCUT2D eigenvalue weighted by atomic mass is 35.5. The Bertz CT molecular complexity index is 909. The maximum atomic E-state index is 13.1. The van der Waals surface area contributed by atoms with Crippen LogP contribution >= 0.6 is 23.2 Å². The van der Waals surface area contributed by atoms with E-state index in [1.165, 1.54) is 34.0 Å². The van der Waals surface area contributed by atoms with Crippen LogP contribution in [0.25, 0.3) is 0 Å². The molecule has 0 aliphatic rings. The number of benzene rings is 1. The number of anilines is 1. The molecule has 0 aliphatic carbocycles. The van der Waals surface area contributed by atoms with Crippen LogP contribution in [-0.2, 0) is 11.3 Å². The predicted octanol–water partition coefficient (Wildman–Crippen LogP) is 3.17. The molecule has 0 fully saturated rings. The van der Waals surface area contributed by atoms with Crippen molar-refractivity contribution in [3.63, 3.8) is 0 Å². The molecule has 7 nitrogen and oxygen atoms in total. The summed E-state index contributed by atoms with van der Waals surface area (Å²) in [6.45, 7) is 1.97. The molecule has 130 valence electrons. The summed E-state index contributed by atoms with van der Waals surface area (Å²) in [5.74, 6) is -0.598. The van der Waals surface area contributed by atoms with Gasteiger partial charge in [-0.3, -0.25) is 14.8 Å². The van der Waals surface area contributed by atoms with Gasteiger partial charge in [0.1, 0.15) is 18.2 Å². The third-order valence-electron chi connectivity index (χ3n) is 3.47. The summed E-state index contributed by atoms with van der Waals surface area (Å²) in [6.07, 6.45) is 4.45. The summed E-state index contributed by atoms with van der Waals surface area (Å²) < 4.78 is 16.0. The summed E-state index contributed by atoms with van der Waals surface area (Å²) in [5, 5.41) is 11.5. The summed E-state index contributed by atoms with van der Waals surface area (Å²) in [5.41, 5.74) is 0.686. The first-order chi connectivity index (χ1) is 11.9. The quantitative estimate of drug-likeness (QED) is 0.734. The molecular weight excluding hydrogens is 370 g/mol. The van der Waals surface area contributed by atoms with Crippen molar-refractivity contribution in [2.75, 3.05) is 5.32 Å². The minimum Gasteiger partial charge on any atom is -0.291 e. The van der Waals surface area contributed by atoms with Gasteiger partial charge >= 0.3 is 0 Å². The van der Waals surface area contributed by atoms with E-state index in [4.69, 9.17) is 23.2 Å². The fraction of sp³-hybridized carbons (Fsp3) is 0.200. The molecule has 1 atom stereocenters. The smallest absolute Gasteiger partial charge is 0.251 e. The molecule has 1 unspecified atom stereocenters. The normalized spacial score (nSPS) is 12.2. The number of carbonyl (C=O) groups excluding carboxylic acids is 1. The van der Waals surface area contributed by atoms with E-state index in [9.17, 15) is 9.18 Å². The van der Waals surface area contributed by atoms with Crippen LogP contribution in [0.2, 0.25) is 10.0 Å². The average molecular weight is 383 g/mol. The molecular formula is C15H13Cl2FN6O. The second kappa shape index (κ2) is 7.20. The average Bonchev–Trinajstić information content (AvgIpc) is 3.18. The molecule has 0 radical (unpaired) electrons. The zero-order valence-corrected chi connectivity index (χ0v) is 14.5. The van der Waals surface area contributed by atoms with Gasteiger partial charge in [0.2, 0.25) is 5.95 Å². The summed E-state index contributed by atoms with van der Waals surface area (Å²) >= 11 is 11.8. The minimum absolute atomic E-state index is 0.147. The Morgan fingerprint density at radius 1 is 1.40 bits per heavy atom. The lowest BCUT2D eigenvalue weighted by atomic mass is 10.2. The second-order valence-corrected chi connectivity index (χ2v) is 6.15. The van der Waals surface area contributed by atoms with E-state index in [-0.39, 0.29) is 11.9 Å². The minimum atomic E-state index is -0.578. The molecule has 25 heavy (non-hydrogen) atoms. The van der Waals surface area contributed by atoms with E-state index in [1.807, 2.05) is 0 Å².